The summed E-state index contributed by atoms with van der Waals surface area (Å²) in [5.41, 5.74) is 2.29. The number of nitrogens with one attached hydrogen (secondary N) is 1. The van der Waals surface area contributed by atoms with E-state index in [9.17, 15) is 0 Å². The predicted octanol–water partition coefficient (Wildman–Crippen LogP) is 3.70. The van der Waals surface area contributed by atoms with Crippen molar-refractivity contribution in [2.75, 3.05) is 12.4 Å². The third kappa shape index (κ3) is 4.18. The van der Waals surface area contributed by atoms with Crippen LogP contribution in [-0.4, -0.2) is 17.0 Å². The van der Waals surface area contributed by atoms with Gasteiger partial charge in [0.25, 0.3) is 0 Å². The number of rotatable bonds is 4. The molecule has 0 aliphatic rings. The Hall–Kier alpha value is -2.10. The van der Waals surface area contributed by atoms with Crippen LogP contribution >= 0.6 is 0 Å². The van der Waals surface area contributed by atoms with Gasteiger partial charge in [0, 0.05) is 18.8 Å². The minimum absolute atomic E-state index is 0.110. The molecule has 1 aromatic heterocycles. The molecule has 0 amide bonds. The van der Waals surface area contributed by atoms with Crippen molar-refractivity contribution in [2.45, 2.75) is 39.7 Å². The molecule has 4 heteroatoms. The smallest absolute Gasteiger partial charge is 0.168 e. The molecule has 4 nitrogen and oxygen atoms in total. The van der Waals surface area contributed by atoms with Crippen LogP contribution in [0.3, 0.4) is 0 Å². The Balaban J connectivity index is 2.11. The fourth-order valence-corrected chi connectivity index (χ4v) is 2.02. The van der Waals surface area contributed by atoms with Crippen LogP contribution in [0.25, 0.3) is 0 Å². The molecule has 2 rings (SSSR count). The quantitative estimate of drug-likeness (QED) is 0.930. The second kappa shape index (κ2) is 6.12. The molecule has 0 saturated carbocycles. The zero-order valence-corrected chi connectivity index (χ0v) is 13.4. The summed E-state index contributed by atoms with van der Waals surface area (Å²) in [6.45, 7) is 8.88. The molecule has 0 aliphatic heterocycles. The summed E-state index contributed by atoms with van der Waals surface area (Å²) in [6.07, 6.45) is 0. The van der Waals surface area contributed by atoms with Crippen molar-refractivity contribution in [3.63, 3.8) is 0 Å². The Morgan fingerprint density at radius 1 is 1.14 bits per heavy atom. The van der Waals surface area contributed by atoms with E-state index in [1.165, 1.54) is 5.56 Å². The van der Waals surface area contributed by atoms with Crippen LogP contribution in [-0.2, 0) is 12.0 Å². The lowest BCUT2D eigenvalue weighted by atomic mass is 9.87. The van der Waals surface area contributed by atoms with Gasteiger partial charge in [-0.15, -0.1) is 0 Å². The minimum atomic E-state index is 0.110. The van der Waals surface area contributed by atoms with Gasteiger partial charge in [0.05, 0.1) is 0 Å². The van der Waals surface area contributed by atoms with Crippen molar-refractivity contribution >= 4 is 5.82 Å². The van der Waals surface area contributed by atoms with Gasteiger partial charge >= 0.3 is 0 Å². The summed E-state index contributed by atoms with van der Waals surface area (Å²) >= 11 is 0. The molecular formula is C17H23N3O. The van der Waals surface area contributed by atoms with Crippen LogP contribution in [0.5, 0.6) is 5.75 Å². The van der Waals surface area contributed by atoms with E-state index in [0.29, 0.717) is 12.4 Å². The highest BCUT2D eigenvalue weighted by Crippen LogP contribution is 2.25. The van der Waals surface area contributed by atoms with Crippen LogP contribution < -0.4 is 10.1 Å². The zero-order valence-electron chi connectivity index (χ0n) is 13.4. The van der Waals surface area contributed by atoms with E-state index in [2.05, 4.69) is 48.2 Å². The molecule has 0 unspecified atom stereocenters. The second-order valence-electron chi connectivity index (χ2n) is 6.13. The van der Waals surface area contributed by atoms with E-state index < -0.39 is 0 Å². The molecule has 0 fully saturated rings. The molecule has 0 saturated heterocycles. The van der Waals surface area contributed by atoms with Crippen molar-refractivity contribution in [3.05, 3.63) is 47.4 Å². The SMILES string of the molecule is CNc1cc(C)nc(COc2cccc(C(C)(C)C)c2)n1. The highest BCUT2D eigenvalue weighted by atomic mass is 16.5. The third-order valence-electron chi connectivity index (χ3n) is 3.22. The van der Waals surface area contributed by atoms with E-state index in [4.69, 9.17) is 4.74 Å². The molecule has 2 aromatic rings. The largest absolute Gasteiger partial charge is 0.486 e. The first-order valence-electron chi connectivity index (χ1n) is 7.14. The van der Waals surface area contributed by atoms with Gasteiger partial charge in [-0.2, -0.15) is 0 Å². The first-order valence-corrected chi connectivity index (χ1v) is 7.14. The summed E-state index contributed by atoms with van der Waals surface area (Å²) in [5, 5.41) is 3.03. The van der Waals surface area contributed by atoms with Gasteiger partial charge in [0.2, 0.25) is 0 Å². The van der Waals surface area contributed by atoms with E-state index in [1.54, 1.807) is 0 Å². The van der Waals surface area contributed by atoms with Crippen LogP contribution in [0.2, 0.25) is 0 Å². The molecule has 0 atom stereocenters. The number of ether oxygens (including phenoxy) is 1. The summed E-state index contributed by atoms with van der Waals surface area (Å²) in [4.78, 5) is 8.78. The molecule has 0 bridgehead atoms. The monoisotopic (exact) mass is 285 g/mol. The first kappa shape index (κ1) is 15.3. The summed E-state index contributed by atoms with van der Waals surface area (Å²) in [5.74, 6) is 2.34. The normalized spacial score (nSPS) is 11.3. The maximum absolute atomic E-state index is 5.83. The topological polar surface area (TPSA) is 47.0 Å². The van der Waals surface area contributed by atoms with Crippen molar-refractivity contribution in [1.29, 1.82) is 0 Å². The number of hydrogen-bond acceptors (Lipinski definition) is 4. The minimum Gasteiger partial charge on any atom is -0.486 e. The fourth-order valence-electron chi connectivity index (χ4n) is 2.02. The maximum atomic E-state index is 5.83. The second-order valence-corrected chi connectivity index (χ2v) is 6.13. The number of aromatic nitrogens is 2. The molecule has 1 N–H and O–H groups in total. The Labute approximate surface area is 126 Å². The van der Waals surface area contributed by atoms with Gasteiger partial charge in [0.1, 0.15) is 18.2 Å². The van der Waals surface area contributed by atoms with E-state index in [1.807, 2.05) is 32.2 Å². The van der Waals surface area contributed by atoms with E-state index in [-0.39, 0.29) is 5.41 Å². The highest BCUT2D eigenvalue weighted by molar-refractivity contribution is 5.35. The summed E-state index contributed by atoms with van der Waals surface area (Å²) in [6, 6.07) is 10.1. The Morgan fingerprint density at radius 2 is 1.90 bits per heavy atom. The molecule has 21 heavy (non-hydrogen) atoms. The first-order chi connectivity index (χ1) is 9.88. The molecule has 0 radical (unpaired) electrons. The Kier molecular flexibility index (Phi) is 4.46. The lowest BCUT2D eigenvalue weighted by Crippen LogP contribution is -2.11. The van der Waals surface area contributed by atoms with Crippen LogP contribution in [0, 0.1) is 6.92 Å². The lowest BCUT2D eigenvalue weighted by molar-refractivity contribution is 0.295. The number of nitrogens with zero attached hydrogens (tertiary/aromatic N) is 2. The fraction of sp³-hybridized carbons (Fsp3) is 0.412. The van der Waals surface area contributed by atoms with Crippen molar-refractivity contribution in [1.82, 2.24) is 9.97 Å². The molecule has 1 heterocycles. The summed E-state index contributed by atoms with van der Waals surface area (Å²) < 4.78 is 5.83. The van der Waals surface area contributed by atoms with Crippen molar-refractivity contribution < 1.29 is 4.74 Å². The molecule has 0 aliphatic carbocycles. The average molecular weight is 285 g/mol. The van der Waals surface area contributed by atoms with Gasteiger partial charge in [-0.25, -0.2) is 9.97 Å². The molecule has 0 spiro atoms. The number of benzene rings is 1. The van der Waals surface area contributed by atoms with E-state index >= 15 is 0 Å². The Morgan fingerprint density at radius 3 is 2.57 bits per heavy atom. The average Bonchev–Trinajstić information content (AvgIpc) is 2.44. The van der Waals surface area contributed by atoms with Gasteiger partial charge in [-0.1, -0.05) is 32.9 Å². The van der Waals surface area contributed by atoms with Gasteiger partial charge in [-0.05, 0) is 30.0 Å². The van der Waals surface area contributed by atoms with Gasteiger partial charge in [-0.3, -0.25) is 0 Å². The van der Waals surface area contributed by atoms with Gasteiger partial charge < -0.3 is 10.1 Å². The van der Waals surface area contributed by atoms with Crippen molar-refractivity contribution in [2.24, 2.45) is 0 Å². The maximum Gasteiger partial charge on any atom is 0.168 e. The lowest BCUT2D eigenvalue weighted by Gasteiger charge is -2.19. The van der Waals surface area contributed by atoms with Crippen LogP contribution in [0.1, 0.15) is 37.9 Å². The summed E-state index contributed by atoms with van der Waals surface area (Å²) in [7, 11) is 1.85. The standard InChI is InChI=1S/C17H23N3O/c1-12-9-15(18-5)20-16(19-12)11-21-14-8-6-7-13(10-14)17(2,3)4/h6-10H,11H2,1-5H3,(H,18,19,20). The third-order valence-corrected chi connectivity index (χ3v) is 3.22. The molecular weight excluding hydrogens is 262 g/mol. The number of anilines is 1. The Bertz CT molecular complexity index is 618. The predicted molar refractivity (Wildman–Crippen MR) is 85.8 cm³/mol. The number of aryl methyl sites for hydroxylation is 1. The van der Waals surface area contributed by atoms with Crippen LogP contribution in [0.4, 0.5) is 5.82 Å². The highest BCUT2D eigenvalue weighted by Gasteiger charge is 2.14. The van der Waals surface area contributed by atoms with E-state index in [0.717, 1.165) is 17.3 Å². The molecule has 1 aromatic carbocycles. The molecule has 112 valence electrons. The van der Waals surface area contributed by atoms with Crippen LogP contribution in [0.15, 0.2) is 30.3 Å². The number of hydrogen-bond donors (Lipinski definition) is 1. The zero-order chi connectivity index (χ0) is 15.5. The van der Waals surface area contributed by atoms with Gasteiger partial charge in [0.15, 0.2) is 5.82 Å². The van der Waals surface area contributed by atoms with Crippen molar-refractivity contribution in [3.8, 4) is 5.75 Å².